The number of nitrogens with two attached hydrogens (primary N) is 4. The van der Waals surface area contributed by atoms with Gasteiger partial charge in [-0.05, 0) is 157 Å². The van der Waals surface area contributed by atoms with E-state index in [0.717, 1.165) is 135 Å². The number of ether oxygens (including phenoxy) is 3. The van der Waals surface area contributed by atoms with Crippen LogP contribution < -0.4 is 45.7 Å². The van der Waals surface area contributed by atoms with E-state index in [2.05, 4.69) is 138 Å². The van der Waals surface area contributed by atoms with Crippen LogP contribution in [0.2, 0.25) is 0 Å². The van der Waals surface area contributed by atoms with E-state index in [9.17, 15) is 19.2 Å². The van der Waals surface area contributed by atoms with Gasteiger partial charge in [0.15, 0.2) is 45.9 Å². The van der Waals surface area contributed by atoms with E-state index in [1.165, 1.54) is 62.5 Å². The number of nitrogen functional groups attached to an aromatic ring is 4. The standard InChI is InChI=1S/C25H38N6O4.C22H24N6O.C20H28N6O.C17H22N6O/c1-3-4-11-33-13-15-35-16-14-34-12-7-5-6-8-21-10-9-20(17-27-21)18-31-24-22(30-25(31)32)23(26)28-19(2)29-24;1-14-6-8-16(9-7-14)4-3-5-18-11-10-17(12-24-18)13-28-21-19(27-22(28)29)20(23)25-15(2)26-21;1-3-4-5-6-7-8-9-16-11-10-15(12-22-16)13-26-19-17(25-20(26)27)18(21)23-14(2)24-19;1-3-4-5-6-13-8-7-12(9-19-13)10-23-16-14(22-17(23)24)15(18)20-11(2)21-16/h9-10,17H,3-8,11-16,18H2,1-2H3,(H,30,32)(H2,26,28,29);6-12H,3-5,13H2,1-2H3,(H,27,29)(H2,23,25,26);10-12H,3-9,13H2,1-2H3,(H,25,27)(H2,21,23,24);7-9H,3-6,10H2,1-2H3,(H,22,24)(H2,18,20,21). The molecule has 13 aromatic rings. The lowest BCUT2D eigenvalue weighted by molar-refractivity contribution is 0.0134. The summed E-state index contributed by atoms with van der Waals surface area (Å²) in [4.78, 5) is 112. The molecule has 0 aliphatic rings. The molecule has 13 rings (SSSR count). The summed E-state index contributed by atoms with van der Waals surface area (Å²) in [6.45, 7) is 21.3. The Morgan fingerprint density at radius 3 is 0.887 bits per heavy atom. The third-order valence-electron chi connectivity index (χ3n) is 19.4. The fourth-order valence-corrected chi connectivity index (χ4v) is 13.1. The molecule has 0 aliphatic heterocycles. The van der Waals surface area contributed by atoms with Crippen molar-refractivity contribution in [2.24, 2.45) is 0 Å². The van der Waals surface area contributed by atoms with Crippen molar-refractivity contribution in [1.82, 2.24) is 98.0 Å². The third kappa shape index (κ3) is 25.4. The number of aromatic nitrogens is 20. The minimum absolute atomic E-state index is 0.243. The zero-order valence-electron chi connectivity index (χ0n) is 67.8. The van der Waals surface area contributed by atoms with Crippen LogP contribution in [0.15, 0.2) is 117 Å². The molecule has 0 atom stereocenters. The Morgan fingerprint density at radius 2 is 0.565 bits per heavy atom. The molecule has 0 aliphatic carbocycles. The van der Waals surface area contributed by atoms with E-state index < -0.39 is 0 Å². The predicted molar refractivity (Wildman–Crippen MR) is 451 cm³/mol. The van der Waals surface area contributed by atoms with Crippen LogP contribution in [-0.4, -0.2) is 138 Å². The van der Waals surface area contributed by atoms with Crippen molar-refractivity contribution in [3.63, 3.8) is 0 Å². The molecule has 0 amide bonds. The second-order valence-electron chi connectivity index (χ2n) is 28.9. The molecule has 31 nitrogen and oxygen atoms in total. The van der Waals surface area contributed by atoms with Crippen LogP contribution in [0.4, 0.5) is 23.3 Å². The quantitative estimate of drug-likeness (QED) is 0.0167. The zero-order chi connectivity index (χ0) is 81.6. The van der Waals surface area contributed by atoms with Gasteiger partial charge in [0.1, 0.15) is 45.4 Å². The van der Waals surface area contributed by atoms with Crippen molar-refractivity contribution in [2.75, 3.05) is 62.6 Å². The summed E-state index contributed by atoms with van der Waals surface area (Å²) in [7, 11) is 0. The van der Waals surface area contributed by atoms with Gasteiger partial charge in [0.25, 0.3) is 0 Å². The number of aryl methyl sites for hydroxylation is 10. The number of fused-ring (bicyclic) bond motifs is 4. The SMILES string of the molecule is CCCCCCCCc1ccc(Cn2c(=O)[nH]c3c(N)nc(C)nc32)cn1.CCCCCc1ccc(Cn2c(=O)[nH]c3c(N)nc(C)nc32)cn1.CCCCOCCOCCOCCCCCc1ccc(Cn2c(=O)[nH]c3c(N)nc(C)nc32)cn1.Cc1ccc(CCCc2ccc(Cn3c(=O)[nH]c4c(N)nc(C)nc43)cn2)cc1. The van der Waals surface area contributed by atoms with Gasteiger partial charge in [-0.15, -0.1) is 0 Å². The second-order valence-corrected chi connectivity index (χ2v) is 28.9. The monoisotopic (exact) mass is 1570 g/mol. The van der Waals surface area contributed by atoms with Crippen LogP contribution in [0.3, 0.4) is 0 Å². The highest BCUT2D eigenvalue weighted by atomic mass is 16.5. The van der Waals surface area contributed by atoms with Crippen LogP contribution in [0, 0.1) is 34.6 Å². The molecule has 115 heavy (non-hydrogen) atoms. The van der Waals surface area contributed by atoms with E-state index >= 15 is 0 Å². The van der Waals surface area contributed by atoms with Gasteiger partial charge >= 0.3 is 22.8 Å². The highest BCUT2D eigenvalue weighted by molar-refractivity contribution is 5.84. The van der Waals surface area contributed by atoms with E-state index in [1.807, 2.05) is 67.3 Å². The highest BCUT2D eigenvalue weighted by Gasteiger charge is 2.19. The number of anilines is 4. The molecule has 12 heterocycles. The second kappa shape index (κ2) is 43.5. The molecule has 0 unspecified atom stereocenters. The van der Waals surface area contributed by atoms with Crippen molar-refractivity contribution < 1.29 is 14.2 Å². The van der Waals surface area contributed by atoms with Gasteiger partial charge in [-0.1, -0.05) is 133 Å². The average molecular weight is 1570 g/mol. The van der Waals surface area contributed by atoms with Gasteiger partial charge in [0, 0.05) is 60.8 Å². The van der Waals surface area contributed by atoms with Gasteiger partial charge in [-0.2, -0.15) is 0 Å². The number of unbranched alkanes of at least 4 members (excludes halogenated alkanes) is 10. The molecule has 0 saturated heterocycles. The number of nitrogens with one attached hydrogen (secondary N) is 4. The first-order valence-electron chi connectivity index (χ1n) is 40.2. The molecule has 610 valence electrons. The maximum absolute atomic E-state index is 12.4. The smallest absolute Gasteiger partial charge is 0.328 e. The van der Waals surface area contributed by atoms with Crippen molar-refractivity contribution in [2.45, 2.75) is 210 Å². The lowest BCUT2D eigenvalue weighted by Crippen LogP contribution is -2.18. The molecule has 0 fully saturated rings. The number of imidazole rings is 4. The van der Waals surface area contributed by atoms with Crippen molar-refractivity contribution in [3.05, 3.63) is 219 Å². The summed E-state index contributed by atoms with van der Waals surface area (Å²) in [6.07, 6.45) is 29.9. The Kier molecular flexibility index (Phi) is 32.4. The van der Waals surface area contributed by atoms with Crippen molar-refractivity contribution >= 4 is 67.9 Å². The Labute approximate surface area is 668 Å². The molecule has 12 N–H and O–H groups in total. The first kappa shape index (κ1) is 85.7. The van der Waals surface area contributed by atoms with Gasteiger partial charge < -0.3 is 57.1 Å². The maximum Gasteiger partial charge on any atom is 0.328 e. The van der Waals surface area contributed by atoms with E-state index in [4.69, 9.17) is 37.1 Å². The summed E-state index contributed by atoms with van der Waals surface area (Å²) in [6, 6.07) is 24.8. The first-order valence-corrected chi connectivity index (χ1v) is 40.2. The molecule has 0 bridgehead atoms. The molecule has 0 radical (unpaired) electrons. The van der Waals surface area contributed by atoms with E-state index in [1.54, 1.807) is 46.0 Å². The van der Waals surface area contributed by atoms with Crippen LogP contribution in [0.5, 0.6) is 0 Å². The zero-order valence-corrected chi connectivity index (χ0v) is 67.8. The summed E-state index contributed by atoms with van der Waals surface area (Å²) >= 11 is 0. The number of rotatable bonds is 38. The lowest BCUT2D eigenvalue weighted by Gasteiger charge is -2.07. The first-order chi connectivity index (χ1) is 55.7. The number of pyridine rings is 4. The Hall–Kier alpha value is -11.7. The molecule has 0 saturated carbocycles. The lowest BCUT2D eigenvalue weighted by atomic mass is 10.1. The number of hydrogen-bond acceptors (Lipinski definition) is 23. The topological polar surface area (TPSA) is 438 Å². The molecular weight excluding hydrogens is 1460 g/mol. The van der Waals surface area contributed by atoms with Crippen LogP contribution in [0.1, 0.15) is 197 Å². The Bertz CT molecular complexity index is 5450. The number of aromatic amines is 4. The minimum Gasteiger partial charge on any atom is -0.382 e. The fourth-order valence-electron chi connectivity index (χ4n) is 13.1. The highest BCUT2D eigenvalue weighted by Crippen LogP contribution is 2.22. The number of benzene rings is 1. The van der Waals surface area contributed by atoms with Crippen molar-refractivity contribution in [1.29, 1.82) is 0 Å². The molecule has 1 aromatic carbocycles. The molecule has 12 aromatic heterocycles. The Balaban J connectivity index is 0.000000163. The summed E-state index contributed by atoms with van der Waals surface area (Å²) < 4.78 is 22.8. The average Bonchev–Trinajstić information content (AvgIpc) is 1.66. The number of H-pyrrole nitrogens is 4. The van der Waals surface area contributed by atoms with Gasteiger partial charge in [-0.3, -0.25) is 38.2 Å². The maximum atomic E-state index is 12.4. The molecule has 31 heteroatoms. The predicted octanol–water partition coefficient (Wildman–Crippen LogP) is 11.5. The summed E-state index contributed by atoms with van der Waals surface area (Å²) in [5.41, 5.74) is 37.2. The van der Waals surface area contributed by atoms with Crippen LogP contribution >= 0.6 is 0 Å². The van der Waals surface area contributed by atoms with Crippen molar-refractivity contribution in [3.8, 4) is 0 Å². The van der Waals surface area contributed by atoms with E-state index in [0.29, 0.717) is 126 Å². The molecular formula is C84H112N24O7. The fraction of sp³-hybridized carbons (Fsp3) is 0.452. The summed E-state index contributed by atoms with van der Waals surface area (Å²) in [5.74, 6) is 3.28. The molecule has 0 spiro atoms. The normalized spacial score (nSPS) is 11.3. The Morgan fingerprint density at radius 1 is 0.296 bits per heavy atom. The minimum atomic E-state index is -0.263. The third-order valence-corrected chi connectivity index (χ3v) is 19.4. The van der Waals surface area contributed by atoms with Gasteiger partial charge in [0.05, 0.1) is 52.6 Å². The van der Waals surface area contributed by atoms with Crippen LogP contribution in [0.25, 0.3) is 44.7 Å². The van der Waals surface area contributed by atoms with E-state index in [-0.39, 0.29) is 40.2 Å². The largest absolute Gasteiger partial charge is 0.382 e. The van der Waals surface area contributed by atoms with Crippen LogP contribution in [-0.2, 0) is 72.5 Å². The number of hydrogen-bond donors (Lipinski definition) is 8. The van der Waals surface area contributed by atoms with Gasteiger partial charge in [0.2, 0.25) is 0 Å². The number of nitrogens with zero attached hydrogens (tertiary/aromatic N) is 16. The summed E-state index contributed by atoms with van der Waals surface area (Å²) in [5, 5.41) is 0. The van der Waals surface area contributed by atoms with Gasteiger partial charge in [-0.25, -0.2) is 59.0 Å².